The molecule has 0 bridgehead atoms. The Morgan fingerprint density at radius 2 is 1.93 bits per heavy atom. The van der Waals surface area contributed by atoms with Crippen molar-refractivity contribution in [1.82, 2.24) is 0 Å². The molecule has 0 saturated heterocycles. The molecule has 0 spiro atoms. The SMILES string of the molecule is C=CC(=O)OC.OC1CCCC(O)C1. The largest absolute Gasteiger partial charge is 0.466 e. The first kappa shape index (κ1) is 13.1. The molecule has 0 aromatic heterocycles. The Labute approximate surface area is 84.2 Å². The average molecular weight is 202 g/mol. The normalized spacial score (nSPS) is 25.6. The predicted molar refractivity (Wildman–Crippen MR) is 52.7 cm³/mol. The molecule has 4 nitrogen and oxygen atoms in total. The molecule has 1 saturated carbocycles. The topological polar surface area (TPSA) is 66.8 Å². The summed E-state index contributed by atoms with van der Waals surface area (Å²) in [5.41, 5.74) is 0. The molecule has 1 aliphatic rings. The second kappa shape index (κ2) is 7.53. The van der Waals surface area contributed by atoms with Crippen molar-refractivity contribution in [2.45, 2.75) is 37.9 Å². The molecule has 1 fully saturated rings. The van der Waals surface area contributed by atoms with Crippen LogP contribution >= 0.6 is 0 Å². The summed E-state index contributed by atoms with van der Waals surface area (Å²) in [5, 5.41) is 17.8. The van der Waals surface area contributed by atoms with Crippen molar-refractivity contribution < 1.29 is 19.7 Å². The van der Waals surface area contributed by atoms with Gasteiger partial charge in [0.1, 0.15) is 0 Å². The van der Waals surface area contributed by atoms with Crippen molar-refractivity contribution in [2.24, 2.45) is 0 Å². The molecular formula is C10H18O4. The first-order chi connectivity index (χ1) is 6.60. The van der Waals surface area contributed by atoms with Gasteiger partial charge in [0.25, 0.3) is 0 Å². The molecule has 2 N–H and O–H groups in total. The third kappa shape index (κ3) is 6.62. The number of aliphatic hydroxyl groups excluding tert-OH is 2. The standard InChI is InChI=1S/C6H12O2.C4H6O2/c7-5-2-1-3-6(8)4-5;1-3-4(5)6-2/h5-8H,1-4H2;3H,1H2,2H3. The van der Waals surface area contributed by atoms with Gasteiger partial charge < -0.3 is 14.9 Å². The number of aliphatic hydroxyl groups is 2. The molecule has 0 aromatic carbocycles. The number of rotatable bonds is 1. The minimum atomic E-state index is -0.394. The average Bonchev–Trinajstić information content (AvgIpc) is 2.17. The Hall–Kier alpha value is -0.870. The van der Waals surface area contributed by atoms with E-state index in [1.54, 1.807) is 0 Å². The summed E-state index contributed by atoms with van der Waals surface area (Å²) in [6, 6.07) is 0. The quantitative estimate of drug-likeness (QED) is 0.483. The molecular weight excluding hydrogens is 184 g/mol. The highest BCUT2D eigenvalue weighted by atomic mass is 16.5. The van der Waals surface area contributed by atoms with Crippen molar-refractivity contribution in [3.8, 4) is 0 Å². The fourth-order valence-electron chi connectivity index (χ4n) is 1.22. The number of hydrogen-bond acceptors (Lipinski definition) is 4. The van der Waals surface area contributed by atoms with Crippen LogP contribution in [-0.4, -0.2) is 35.5 Å². The molecule has 0 heterocycles. The zero-order valence-corrected chi connectivity index (χ0v) is 8.48. The van der Waals surface area contributed by atoms with E-state index in [9.17, 15) is 4.79 Å². The van der Waals surface area contributed by atoms with Crippen LogP contribution in [0.25, 0.3) is 0 Å². The van der Waals surface area contributed by atoms with E-state index >= 15 is 0 Å². The molecule has 0 amide bonds. The fraction of sp³-hybridized carbons (Fsp3) is 0.700. The molecule has 2 atom stereocenters. The molecule has 2 unspecified atom stereocenters. The van der Waals surface area contributed by atoms with Crippen molar-refractivity contribution in [3.05, 3.63) is 12.7 Å². The minimum absolute atomic E-state index is 0.237. The maximum absolute atomic E-state index is 9.84. The smallest absolute Gasteiger partial charge is 0.329 e. The third-order valence-electron chi connectivity index (χ3n) is 1.99. The summed E-state index contributed by atoms with van der Waals surface area (Å²) < 4.78 is 4.14. The summed E-state index contributed by atoms with van der Waals surface area (Å²) in [7, 11) is 1.31. The number of esters is 1. The Kier molecular flexibility index (Phi) is 7.06. The van der Waals surface area contributed by atoms with Crippen LogP contribution in [-0.2, 0) is 9.53 Å². The monoisotopic (exact) mass is 202 g/mol. The number of carbonyl (C=O) groups is 1. The van der Waals surface area contributed by atoms with Gasteiger partial charge in [0.15, 0.2) is 0 Å². The predicted octanol–water partition coefficient (Wildman–Crippen LogP) is 0.628. The number of hydrogen-bond donors (Lipinski definition) is 2. The van der Waals surface area contributed by atoms with Gasteiger partial charge in [0.05, 0.1) is 19.3 Å². The molecule has 82 valence electrons. The zero-order valence-electron chi connectivity index (χ0n) is 8.48. The van der Waals surface area contributed by atoms with Gasteiger partial charge in [-0.05, 0) is 25.7 Å². The van der Waals surface area contributed by atoms with E-state index in [0.29, 0.717) is 6.42 Å². The van der Waals surface area contributed by atoms with Gasteiger partial charge in [-0.3, -0.25) is 0 Å². The van der Waals surface area contributed by atoms with Crippen LogP contribution in [0.15, 0.2) is 12.7 Å². The lowest BCUT2D eigenvalue weighted by Crippen LogP contribution is -2.22. The van der Waals surface area contributed by atoms with Gasteiger partial charge in [0, 0.05) is 6.08 Å². The number of carbonyl (C=O) groups excluding carboxylic acids is 1. The maximum atomic E-state index is 9.84. The van der Waals surface area contributed by atoms with E-state index < -0.39 is 5.97 Å². The minimum Gasteiger partial charge on any atom is -0.466 e. The first-order valence-corrected chi connectivity index (χ1v) is 4.66. The van der Waals surface area contributed by atoms with Gasteiger partial charge in [-0.1, -0.05) is 6.58 Å². The third-order valence-corrected chi connectivity index (χ3v) is 1.99. The van der Waals surface area contributed by atoms with Gasteiger partial charge in [0.2, 0.25) is 0 Å². The lowest BCUT2D eigenvalue weighted by atomic mass is 9.95. The van der Waals surface area contributed by atoms with Crippen LogP contribution in [0.1, 0.15) is 25.7 Å². The molecule has 14 heavy (non-hydrogen) atoms. The van der Waals surface area contributed by atoms with Crippen LogP contribution in [0.2, 0.25) is 0 Å². The van der Waals surface area contributed by atoms with Crippen LogP contribution in [0.3, 0.4) is 0 Å². The Balaban J connectivity index is 0.000000255. The van der Waals surface area contributed by atoms with Gasteiger partial charge in [-0.2, -0.15) is 0 Å². The lowest BCUT2D eigenvalue weighted by Gasteiger charge is -2.20. The summed E-state index contributed by atoms with van der Waals surface area (Å²) >= 11 is 0. The Morgan fingerprint density at radius 3 is 2.07 bits per heavy atom. The van der Waals surface area contributed by atoms with E-state index in [1.165, 1.54) is 7.11 Å². The van der Waals surface area contributed by atoms with E-state index in [4.69, 9.17) is 10.2 Å². The number of methoxy groups -OCH3 is 1. The van der Waals surface area contributed by atoms with Crippen molar-refractivity contribution in [2.75, 3.05) is 7.11 Å². The number of ether oxygens (including phenoxy) is 1. The van der Waals surface area contributed by atoms with E-state index in [0.717, 1.165) is 25.3 Å². The molecule has 4 heteroatoms. The molecule has 1 rings (SSSR count). The maximum Gasteiger partial charge on any atom is 0.329 e. The Bertz CT molecular complexity index is 171. The van der Waals surface area contributed by atoms with Gasteiger partial charge >= 0.3 is 5.97 Å². The van der Waals surface area contributed by atoms with Gasteiger partial charge in [-0.15, -0.1) is 0 Å². The van der Waals surface area contributed by atoms with Gasteiger partial charge in [-0.25, -0.2) is 4.79 Å². The summed E-state index contributed by atoms with van der Waals surface area (Å²) in [6.45, 7) is 3.16. The van der Waals surface area contributed by atoms with Crippen LogP contribution in [0, 0.1) is 0 Å². The first-order valence-electron chi connectivity index (χ1n) is 4.66. The van der Waals surface area contributed by atoms with E-state index in [-0.39, 0.29) is 12.2 Å². The van der Waals surface area contributed by atoms with Crippen LogP contribution < -0.4 is 0 Å². The van der Waals surface area contributed by atoms with Crippen LogP contribution in [0.5, 0.6) is 0 Å². The molecule has 0 aromatic rings. The highest BCUT2D eigenvalue weighted by molar-refractivity contribution is 5.80. The van der Waals surface area contributed by atoms with Crippen LogP contribution in [0.4, 0.5) is 0 Å². The summed E-state index contributed by atoms with van der Waals surface area (Å²) in [5.74, 6) is -0.394. The Morgan fingerprint density at radius 1 is 1.43 bits per heavy atom. The van der Waals surface area contributed by atoms with Crippen molar-refractivity contribution in [3.63, 3.8) is 0 Å². The zero-order chi connectivity index (χ0) is 11.0. The second-order valence-corrected chi connectivity index (χ2v) is 3.20. The van der Waals surface area contributed by atoms with E-state index in [1.807, 2.05) is 0 Å². The molecule has 0 radical (unpaired) electrons. The molecule has 1 aliphatic carbocycles. The lowest BCUT2D eigenvalue weighted by molar-refractivity contribution is -0.134. The van der Waals surface area contributed by atoms with E-state index in [2.05, 4.69) is 11.3 Å². The fourth-order valence-corrected chi connectivity index (χ4v) is 1.22. The van der Waals surface area contributed by atoms with Crippen molar-refractivity contribution in [1.29, 1.82) is 0 Å². The second-order valence-electron chi connectivity index (χ2n) is 3.20. The highest BCUT2D eigenvalue weighted by Crippen LogP contribution is 2.17. The van der Waals surface area contributed by atoms with Crippen molar-refractivity contribution >= 4 is 5.97 Å². The summed E-state index contributed by atoms with van der Waals surface area (Å²) in [4.78, 5) is 9.84. The highest BCUT2D eigenvalue weighted by Gasteiger charge is 2.16. The molecule has 0 aliphatic heterocycles. The summed E-state index contributed by atoms with van der Waals surface area (Å²) in [6.07, 6.45) is 3.94.